The van der Waals surface area contributed by atoms with Crippen molar-refractivity contribution in [2.45, 2.75) is 19.9 Å². The summed E-state index contributed by atoms with van der Waals surface area (Å²) in [6, 6.07) is 5.43. The fraction of sp³-hybridized carbons (Fsp3) is 0.333. The minimum absolute atomic E-state index is 0.00317. The number of benzene rings is 1. The summed E-state index contributed by atoms with van der Waals surface area (Å²) in [5.74, 6) is -0.964. The molecule has 0 unspecified atom stereocenters. The normalized spacial score (nSPS) is 12.1. The number of H-pyrrole nitrogens is 1. The van der Waals surface area contributed by atoms with E-state index in [1.165, 1.54) is 7.11 Å². The number of halogens is 1. The molecule has 7 heteroatoms. The Bertz CT molecular complexity index is 813. The molecule has 0 aliphatic heterocycles. The molecule has 0 saturated heterocycles. The van der Waals surface area contributed by atoms with Crippen LogP contribution >= 0.6 is 15.9 Å². The van der Waals surface area contributed by atoms with E-state index in [0.29, 0.717) is 0 Å². The number of aromatic nitrogens is 1. The fourth-order valence-electron chi connectivity index (χ4n) is 2.88. The zero-order valence-corrected chi connectivity index (χ0v) is 16.3. The molecule has 0 radical (unpaired) electrons. The summed E-state index contributed by atoms with van der Waals surface area (Å²) >= 11 is 3.51. The first-order valence-corrected chi connectivity index (χ1v) is 8.63. The molecular formula is C18H22BrN3O3. The molecule has 0 saturated carbocycles. The first-order valence-electron chi connectivity index (χ1n) is 7.83. The number of fused-ring (bicyclic) bond motifs is 1. The van der Waals surface area contributed by atoms with E-state index in [2.05, 4.69) is 37.5 Å². The van der Waals surface area contributed by atoms with Gasteiger partial charge in [0.2, 0.25) is 5.91 Å². The average molecular weight is 408 g/mol. The molecular weight excluding hydrogens is 386 g/mol. The lowest BCUT2D eigenvalue weighted by atomic mass is 10.0. The SMILES string of the molecule is C=C(NC(=O)[C@H](C(C)C)N(C)c1cc(Br)cc2[nH]ccc12)C(=O)OC. The second-order valence-electron chi connectivity index (χ2n) is 6.12. The molecule has 0 spiro atoms. The van der Waals surface area contributed by atoms with Crippen molar-refractivity contribution in [1.29, 1.82) is 0 Å². The summed E-state index contributed by atoms with van der Waals surface area (Å²) in [5, 5.41) is 3.56. The summed E-state index contributed by atoms with van der Waals surface area (Å²) in [7, 11) is 3.11. The first-order chi connectivity index (χ1) is 11.8. The highest BCUT2D eigenvalue weighted by molar-refractivity contribution is 9.10. The Morgan fingerprint density at radius 1 is 1.36 bits per heavy atom. The van der Waals surface area contributed by atoms with Crippen LogP contribution in [0, 0.1) is 5.92 Å². The topological polar surface area (TPSA) is 74.4 Å². The lowest BCUT2D eigenvalue weighted by molar-refractivity contribution is -0.138. The van der Waals surface area contributed by atoms with Crippen molar-refractivity contribution in [3.05, 3.63) is 41.1 Å². The van der Waals surface area contributed by atoms with E-state index in [4.69, 9.17) is 0 Å². The molecule has 1 atom stereocenters. The molecule has 1 heterocycles. The maximum Gasteiger partial charge on any atom is 0.353 e. The third kappa shape index (κ3) is 4.04. The Labute approximate surface area is 155 Å². The second kappa shape index (κ2) is 7.74. The van der Waals surface area contributed by atoms with Crippen molar-refractivity contribution >= 4 is 44.4 Å². The number of nitrogens with zero attached hydrogens (tertiary/aromatic N) is 1. The van der Waals surface area contributed by atoms with Crippen molar-refractivity contribution in [2.75, 3.05) is 19.1 Å². The number of aromatic amines is 1. The third-order valence-electron chi connectivity index (χ3n) is 4.02. The highest BCUT2D eigenvalue weighted by Gasteiger charge is 2.29. The molecule has 1 amide bonds. The van der Waals surface area contributed by atoms with E-state index in [0.717, 1.165) is 21.1 Å². The molecule has 0 aliphatic rings. The van der Waals surface area contributed by atoms with Crippen LogP contribution in [-0.4, -0.2) is 37.1 Å². The van der Waals surface area contributed by atoms with Gasteiger partial charge in [0.25, 0.3) is 0 Å². The van der Waals surface area contributed by atoms with Crippen LogP contribution in [0.15, 0.2) is 41.1 Å². The number of nitrogens with one attached hydrogen (secondary N) is 2. The van der Waals surface area contributed by atoms with Crippen LogP contribution < -0.4 is 10.2 Å². The van der Waals surface area contributed by atoms with Gasteiger partial charge in [0.15, 0.2) is 0 Å². The standard InChI is InChI=1S/C18H22BrN3O3/c1-10(2)16(17(23)21-11(3)18(24)25-5)22(4)15-9-12(19)8-14-13(15)6-7-20-14/h6-10,16,20H,3H2,1-2,4-5H3,(H,21,23)/t16-/m0/s1. The van der Waals surface area contributed by atoms with Crippen molar-refractivity contribution < 1.29 is 14.3 Å². The quantitative estimate of drug-likeness (QED) is 0.569. The highest BCUT2D eigenvalue weighted by Crippen LogP contribution is 2.32. The lowest BCUT2D eigenvalue weighted by Crippen LogP contribution is -2.49. The Kier molecular flexibility index (Phi) is 5.89. The number of amides is 1. The van der Waals surface area contributed by atoms with Gasteiger partial charge in [-0.25, -0.2) is 4.79 Å². The van der Waals surface area contributed by atoms with Crippen LogP contribution in [0.1, 0.15) is 13.8 Å². The van der Waals surface area contributed by atoms with Crippen LogP contribution in [0.4, 0.5) is 5.69 Å². The van der Waals surface area contributed by atoms with E-state index >= 15 is 0 Å². The van der Waals surface area contributed by atoms with E-state index in [1.807, 2.05) is 50.2 Å². The van der Waals surface area contributed by atoms with Crippen LogP contribution in [0.3, 0.4) is 0 Å². The van der Waals surface area contributed by atoms with Crippen LogP contribution in [0.25, 0.3) is 10.9 Å². The van der Waals surface area contributed by atoms with Crippen molar-refractivity contribution in [2.24, 2.45) is 5.92 Å². The number of anilines is 1. The molecule has 0 aliphatic carbocycles. The van der Waals surface area contributed by atoms with E-state index in [-0.39, 0.29) is 17.5 Å². The fourth-order valence-corrected chi connectivity index (χ4v) is 3.32. The number of hydrogen-bond donors (Lipinski definition) is 2. The summed E-state index contributed by atoms with van der Waals surface area (Å²) in [5.41, 5.74) is 1.80. The zero-order valence-electron chi connectivity index (χ0n) is 14.7. The molecule has 1 aromatic carbocycles. The maximum atomic E-state index is 12.7. The molecule has 1 aromatic heterocycles. The van der Waals surface area contributed by atoms with Crippen LogP contribution in [0.2, 0.25) is 0 Å². The zero-order chi connectivity index (χ0) is 18.7. The van der Waals surface area contributed by atoms with Gasteiger partial charge in [0.1, 0.15) is 11.7 Å². The van der Waals surface area contributed by atoms with Gasteiger partial charge in [-0.1, -0.05) is 36.4 Å². The summed E-state index contributed by atoms with van der Waals surface area (Å²) in [6.07, 6.45) is 1.86. The number of hydrogen-bond acceptors (Lipinski definition) is 4. The summed E-state index contributed by atoms with van der Waals surface area (Å²) in [6.45, 7) is 7.46. The largest absolute Gasteiger partial charge is 0.464 e. The van der Waals surface area contributed by atoms with E-state index < -0.39 is 12.0 Å². The molecule has 0 bridgehead atoms. The number of carbonyl (C=O) groups is 2. The van der Waals surface area contributed by atoms with E-state index in [1.54, 1.807) is 0 Å². The lowest BCUT2D eigenvalue weighted by Gasteiger charge is -2.32. The van der Waals surface area contributed by atoms with Gasteiger partial charge >= 0.3 is 5.97 Å². The first kappa shape index (κ1) is 19.1. The van der Waals surface area contributed by atoms with Crippen molar-refractivity contribution in [3.8, 4) is 0 Å². The Morgan fingerprint density at radius 2 is 2.04 bits per heavy atom. The van der Waals surface area contributed by atoms with Gasteiger partial charge in [-0.2, -0.15) is 0 Å². The predicted octanol–water partition coefficient (Wildman–Crippen LogP) is 3.19. The molecule has 2 N–H and O–H groups in total. The van der Waals surface area contributed by atoms with Gasteiger partial charge in [-0.05, 0) is 24.1 Å². The third-order valence-corrected chi connectivity index (χ3v) is 4.47. The van der Waals surface area contributed by atoms with Gasteiger partial charge in [0, 0.05) is 34.3 Å². The number of rotatable bonds is 6. The maximum absolute atomic E-state index is 12.7. The summed E-state index contributed by atoms with van der Waals surface area (Å²) in [4.78, 5) is 29.3. The molecule has 6 nitrogen and oxygen atoms in total. The Balaban J connectivity index is 2.36. The molecule has 2 aromatic rings. The van der Waals surface area contributed by atoms with Gasteiger partial charge in [-0.3, -0.25) is 4.79 Å². The number of carbonyl (C=O) groups excluding carboxylic acids is 2. The van der Waals surface area contributed by atoms with Crippen LogP contribution in [0.5, 0.6) is 0 Å². The second-order valence-corrected chi connectivity index (χ2v) is 7.04. The van der Waals surface area contributed by atoms with E-state index in [9.17, 15) is 9.59 Å². The molecule has 2 rings (SSSR count). The number of likely N-dealkylation sites (N-methyl/N-ethyl adjacent to an activating group) is 1. The molecule has 25 heavy (non-hydrogen) atoms. The van der Waals surface area contributed by atoms with Crippen molar-refractivity contribution in [1.82, 2.24) is 10.3 Å². The van der Waals surface area contributed by atoms with Gasteiger partial charge in [0.05, 0.1) is 7.11 Å². The summed E-state index contributed by atoms with van der Waals surface area (Å²) < 4.78 is 5.49. The number of methoxy groups -OCH3 is 1. The minimum atomic E-state index is -0.658. The predicted molar refractivity (Wildman–Crippen MR) is 102 cm³/mol. The number of ether oxygens (including phenoxy) is 1. The molecule has 134 valence electrons. The Hall–Kier alpha value is -2.28. The highest BCUT2D eigenvalue weighted by atomic mass is 79.9. The van der Waals surface area contributed by atoms with Gasteiger partial charge in [-0.15, -0.1) is 0 Å². The van der Waals surface area contributed by atoms with Crippen molar-refractivity contribution in [3.63, 3.8) is 0 Å². The monoisotopic (exact) mass is 407 g/mol. The Morgan fingerprint density at radius 3 is 2.64 bits per heavy atom. The molecule has 0 fully saturated rings. The average Bonchev–Trinajstić information content (AvgIpc) is 3.00. The number of esters is 1. The van der Waals surface area contributed by atoms with Gasteiger partial charge < -0.3 is 19.9 Å². The van der Waals surface area contributed by atoms with Crippen LogP contribution in [-0.2, 0) is 14.3 Å². The smallest absolute Gasteiger partial charge is 0.353 e. The minimum Gasteiger partial charge on any atom is -0.464 e.